The van der Waals surface area contributed by atoms with Crippen molar-refractivity contribution >= 4 is 5.91 Å². The van der Waals surface area contributed by atoms with Crippen molar-refractivity contribution in [1.82, 2.24) is 25.4 Å². The summed E-state index contributed by atoms with van der Waals surface area (Å²) in [4.78, 5) is 21.6. The molecule has 2 N–H and O–H groups in total. The molecule has 34 heavy (non-hydrogen) atoms. The predicted molar refractivity (Wildman–Crippen MR) is 137 cm³/mol. The maximum Gasteiger partial charge on any atom is 0.239 e. The van der Waals surface area contributed by atoms with Crippen molar-refractivity contribution < 1.29 is 4.79 Å². The average Bonchev–Trinajstić information content (AvgIpc) is 2.88. The molecular weight excluding hydrogens is 422 g/mol. The van der Waals surface area contributed by atoms with E-state index in [9.17, 15) is 4.79 Å². The van der Waals surface area contributed by atoms with Gasteiger partial charge in [0.1, 0.15) is 0 Å². The highest BCUT2D eigenvalue weighted by Gasteiger charge is 2.31. The largest absolute Gasteiger partial charge is 0.336 e. The molecule has 1 aromatic carbocycles. The van der Waals surface area contributed by atoms with Crippen molar-refractivity contribution in [2.75, 3.05) is 26.2 Å². The summed E-state index contributed by atoms with van der Waals surface area (Å²) in [5.74, 6) is 0.203. The Morgan fingerprint density at radius 3 is 2.50 bits per heavy atom. The summed E-state index contributed by atoms with van der Waals surface area (Å²) in [6.07, 6.45) is 9.88. The zero-order valence-corrected chi connectivity index (χ0v) is 20.7. The molecule has 2 aliphatic rings. The van der Waals surface area contributed by atoms with E-state index in [2.05, 4.69) is 44.8 Å². The van der Waals surface area contributed by atoms with E-state index in [1.807, 2.05) is 36.2 Å². The Bertz CT molecular complexity index is 866. The van der Waals surface area contributed by atoms with Gasteiger partial charge in [-0.2, -0.15) is 0 Å². The molecule has 2 aromatic rings. The Morgan fingerprint density at radius 1 is 0.941 bits per heavy atom. The molecule has 2 heterocycles. The third-order valence-electron chi connectivity index (χ3n) is 7.26. The van der Waals surface area contributed by atoms with Gasteiger partial charge in [-0.1, -0.05) is 49.6 Å². The number of rotatable bonds is 11. The second-order valence-electron chi connectivity index (χ2n) is 9.86. The molecule has 184 valence electrons. The number of aromatic nitrogens is 1. The second kappa shape index (κ2) is 13.0. The third kappa shape index (κ3) is 7.36. The van der Waals surface area contributed by atoms with E-state index in [1.54, 1.807) is 0 Å². The highest BCUT2D eigenvalue weighted by atomic mass is 16.2. The molecule has 6 nitrogen and oxygen atoms in total. The molecular formula is C28H41N5O. The molecule has 1 amide bonds. The summed E-state index contributed by atoms with van der Waals surface area (Å²) in [7, 11) is 0. The molecule has 1 aliphatic heterocycles. The van der Waals surface area contributed by atoms with Gasteiger partial charge >= 0.3 is 0 Å². The van der Waals surface area contributed by atoms with Gasteiger partial charge in [0.2, 0.25) is 5.91 Å². The van der Waals surface area contributed by atoms with E-state index in [4.69, 9.17) is 0 Å². The summed E-state index contributed by atoms with van der Waals surface area (Å²) in [5.41, 5.74) is 3.50. The van der Waals surface area contributed by atoms with Gasteiger partial charge in [-0.25, -0.2) is 0 Å². The van der Waals surface area contributed by atoms with Gasteiger partial charge in [0, 0.05) is 45.0 Å². The number of piperazine rings is 1. The minimum absolute atomic E-state index is 0.119. The molecule has 2 fully saturated rings. The normalized spacial score (nSPS) is 20.1. The van der Waals surface area contributed by atoms with Crippen LogP contribution in [0.4, 0.5) is 0 Å². The molecule has 1 saturated carbocycles. The van der Waals surface area contributed by atoms with Gasteiger partial charge in [-0.3, -0.25) is 14.7 Å². The summed E-state index contributed by atoms with van der Waals surface area (Å²) in [5, 5.41) is 7.27. The van der Waals surface area contributed by atoms with E-state index in [0.29, 0.717) is 6.54 Å². The SMILES string of the molecule is C[C@H]1C(=O)N(Cc2ccc(CNCCCNC3CCCCC3)cc2)CCN1Cc1ccccn1. The number of amides is 1. The zero-order valence-electron chi connectivity index (χ0n) is 20.7. The fourth-order valence-electron chi connectivity index (χ4n) is 5.09. The van der Waals surface area contributed by atoms with Crippen LogP contribution in [0.1, 0.15) is 62.3 Å². The van der Waals surface area contributed by atoms with Gasteiger partial charge in [0.25, 0.3) is 0 Å². The topological polar surface area (TPSA) is 60.5 Å². The van der Waals surface area contributed by atoms with Crippen LogP contribution < -0.4 is 10.6 Å². The molecule has 6 heteroatoms. The van der Waals surface area contributed by atoms with Crippen LogP contribution in [-0.2, 0) is 24.4 Å². The number of pyridine rings is 1. The lowest BCUT2D eigenvalue weighted by Crippen LogP contribution is -2.54. The van der Waals surface area contributed by atoms with Gasteiger partial charge in [-0.15, -0.1) is 0 Å². The highest BCUT2D eigenvalue weighted by Crippen LogP contribution is 2.18. The third-order valence-corrected chi connectivity index (χ3v) is 7.26. The van der Waals surface area contributed by atoms with E-state index < -0.39 is 0 Å². The highest BCUT2D eigenvalue weighted by molar-refractivity contribution is 5.82. The van der Waals surface area contributed by atoms with Crippen molar-refractivity contribution in [2.45, 2.75) is 77.2 Å². The predicted octanol–water partition coefficient (Wildman–Crippen LogP) is 3.72. The lowest BCUT2D eigenvalue weighted by atomic mass is 9.95. The fraction of sp³-hybridized carbons (Fsp3) is 0.571. The molecule has 0 spiro atoms. The van der Waals surface area contributed by atoms with Gasteiger partial charge < -0.3 is 15.5 Å². The van der Waals surface area contributed by atoms with E-state index >= 15 is 0 Å². The van der Waals surface area contributed by atoms with Crippen LogP contribution in [-0.4, -0.2) is 59.0 Å². The lowest BCUT2D eigenvalue weighted by molar-refractivity contribution is -0.142. The summed E-state index contributed by atoms with van der Waals surface area (Å²) in [6.45, 7) is 8.09. The van der Waals surface area contributed by atoms with Gasteiger partial charge in [-0.05, 0) is 62.5 Å². The quantitative estimate of drug-likeness (QED) is 0.498. The first kappa shape index (κ1) is 24.8. The van der Waals surface area contributed by atoms with E-state index in [1.165, 1.54) is 49.7 Å². The Kier molecular flexibility index (Phi) is 9.48. The van der Waals surface area contributed by atoms with Gasteiger partial charge in [0.15, 0.2) is 0 Å². The number of hydrogen-bond acceptors (Lipinski definition) is 5. The summed E-state index contributed by atoms with van der Waals surface area (Å²) >= 11 is 0. The van der Waals surface area contributed by atoms with E-state index in [-0.39, 0.29) is 11.9 Å². The van der Waals surface area contributed by atoms with Crippen molar-refractivity contribution in [2.24, 2.45) is 0 Å². The Labute approximate surface area is 205 Å². The molecule has 0 radical (unpaired) electrons. The molecule has 1 aromatic heterocycles. The number of nitrogens with one attached hydrogen (secondary N) is 2. The van der Waals surface area contributed by atoms with Crippen LogP contribution in [0.25, 0.3) is 0 Å². The van der Waals surface area contributed by atoms with Crippen molar-refractivity contribution in [3.05, 3.63) is 65.5 Å². The average molecular weight is 464 g/mol. The van der Waals surface area contributed by atoms with Crippen molar-refractivity contribution in [3.8, 4) is 0 Å². The first-order chi connectivity index (χ1) is 16.7. The second-order valence-corrected chi connectivity index (χ2v) is 9.86. The van der Waals surface area contributed by atoms with Crippen LogP contribution in [0.2, 0.25) is 0 Å². The first-order valence-electron chi connectivity index (χ1n) is 13.1. The van der Waals surface area contributed by atoms with Crippen LogP contribution >= 0.6 is 0 Å². The van der Waals surface area contributed by atoms with Crippen LogP contribution in [0, 0.1) is 0 Å². The maximum atomic E-state index is 13.0. The molecule has 0 bridgehead atoms. The number of carbonyl (C=O) groups is 1. The van der Waals surface area contributed by atoms with Crippen molar-refractivity contribution in [3.63, 3.8) is 0 Å². The smallest absolute Gasteiger partial charge is 0.239 e. The monoisotopic (exact) mass is 463 g/mol. The number of nitrogens with zero attached hydrogens (tertiary/aromatic N) is 3. The molecule has 0 unspecified atom stereocenters. The minimum atomic E-state index is -0.119. The Hall–Kier alpha value is -2.28. The first-order valence-corrected chi connectivity index (χ1v) is 13.1. The zero-order chi connectivity index (χ0) is 23.6. The fourth-order valence-corrected chi connectivity index (χ4v) is 5.09. The van der Waals surface area contributed by atoms with Crippen LogP contribution in [0.3, 0.4) is 0 Å². The number of benzene rings is 1. The maximum absolute atomic E-state index is 13.0. The summed E-state index contributed by atoms with van der Waals surface area (Å²) in [6, 6.07) is 15.3. The minimum Gasteiger partial charge on any atom is -0.336 e. The number of hydrogen-bond donors (Lipinski definition) is 2. The molecule has 4 rings (SSSR count). The lowest BCUT2D eigenvalue weighted by Gasteiger charge is -2.39. The molecule has 1 atom stereocenters. The van der Waals surface area contributed by atoms with Crippen LogP contribution in [0.5, 0.6) is 0 Å². The van der Waals surface area contributed by atoms with E-state index in [0.717, 1.165) is 51.0 Å². The Morgan fingerprint density at radius 2 is 1.74 bits per heavy atom. The standard InChI is InChI=1S/C28H41N5O/c1-23-28(34)33(19-18-32(23)22-27-10-5-6-16-31-27)21-25-13-11-24(12-14-25)20-29-15-7-17-30-26-8-3-2-4-9-26/h5-6,10-14,16,23,26,29-30H,2-4,7-9,15,17-22H2,1H3/t23-/m0/s1. The molecule has 1 saturated heterocycles. The van der Waals surface area contributed by atoms with Crippen molar-refractivity contribution in [1.29, 1.82) is 0 Å². The number of carbonyl (C=O) groups excluding carboxylic acids is 1. The van der Waals surface area contributed by atoms with Gasteiger partial charge in [0.05, 0.1) is 11.7 Å². The Balaban J connectivity index is 1.14. The summed E-state index contributed by atoms with van der Waals surface area (Å²) < 4.78 is 0. The molecule has 1 aliphatic carbocycles. The van der Waals surface area contributed by atoms with Crippen LogP contribution in [0.15, 0.2) is 48.7 Å².